The Kier molecular flexibility index (Phi) is 4.38. The molecule has 3 fully saturated rings. The highest BCUT2D eigenvalue weighted by atomic mass is 19.1. The number of H-pyrrole nitrogens is 1. The van der Waals surface area contributed by atoms with Crippen molar-refractivity contribution in [3.63, 3.8) is 0 Å². The Morgan fingerprint density at radius 2 is 1.97 bits per heavy atom. The van der Waals surface area contributed by atoms with E-state index >= 15 is 0 Å². The van der Waals surface area contributed by atoms with Gasteiger partial charge in [-0.05, 0) is 49.7 Å². The highest BCUT2D eigenvalue weighted by Gasteiger charge is 2.47. The minimum Gasteiger partial charge on any atom is -0.481 e. The minimum atomic E-state index is -0.759. The molecule has 2 bridgehead atoms. The molecule has 3 aromatic heterocycles. The van der Waals surface area contributed by atoms with Crippen molar-refractivity contribution in [1.29, 1.82) is 0 Å². The van der Waals surface area contributed by atoms with Crippen molar-refractivity contribution in [2.75, 3.05) is 5.32 Å². The van der Waals surface area contributed by atoms with E-state index in [0.29, 0.717) is 33.8 Å². The van der Waals surface area contributed by atoms with Gasteiger partial charge in [-0.3, -0.25) is 9.59 Å². The second-order valence-corrected chi connectivity index (χ2v) is 8.52. The fourth-order valence-corrected chi connectivity index (χ4v) is 5.39. The molecule has 3 N–H and O–H groups in total. The SMILES string of the molecule is Cn1cc(NC2C3CCC(CC3)[C@@H]2C(=O)O)cc(-c2c[nH]c3ncc(F)cc23)c1=O. The van der Waals surface area contributed by atoms with Gasteiger partial charge in [-0.15, -0.1) is 0 Å². The van der Waals surface area contributed by atoms with Crippen LogP contribution in [0.5, 0.6) is 0 Å². The first-order valence-corrected chi connectivity index (χ1v) is 10.3. The summed E-state index contributed by atoms with van der Waals surface area (Å²) in [4.78, 5) is 31.8. The molecule has 3 aromatic rings. The van der Waals surface area contributed by atoms with Crippen molar-refractivity contribution in [2.24, 2.45) is 24.8 Å². The van der Waals surface area contributed by atoms with Gasteiger partial charge in [-0.1, -0.05) is 0 Å². The Morgan fingerprint density at radius 3 is 2.70 bits per heavy atom. The summed E-state index contributed by atoms with van der Waals surface area (Å²) in [5.74, 6) is -1.16. The van der Waals surface area contributed by atoms with Crippen LogP contribution in [-0.4, -0.2) is 31.7 Å². The van der Waals surface area contributed by atoms with E-state index in [4.69, 9.17) is 0 Å². The van der Waals surface area contributed by atoms with Gasteiger partial charge in [0.1, 0.15) is 11.5 Å². The van der Waals surface area contributed by atoms with Gasteiger partial charge < -0.3 is 20.0 Å². The van der Waals surface area contributed by atoms with Crippen LogP contribution in [0.1, 0.15) is 25.7 Å². The summed E-state index contributed by atoms with van der Waals surface area (Å²) in [6.45, 7) is 0. The Labute approximate surface area is 171 Å². The maximum atomic E-state index is 13.8. The standard InChI is InChI=1S/C22H23FN4O3/c1-27-10-14(26-19-12-4-2-11(3-5-12)18(19)22(29)30)7-16(21(27)28)17-9-25-20-15(17)6-13(23)8-24-20/h6-12,18-19,26H,2-5H2,1H3,(H,24,25)(H,29,30)/t11?,12?,18-,19?/m0/s1. The smallest absolute Gasteiger partial charge is 0.308 e. The molecule has 0 aromatic carbocycles. The number of aromatic amines is 1. The highest BCUT2D eigenvalue weighted by Crippen LogP contribution is 2.46. The van der Waals surface area contributed by atoms with Crippen LogP contribution in [-0.2, 0) is 11.8 Å². The van der Waals surface area contributed by atoms with Crippen LogP contribution in [0, 0.1) is 23.6 Å². The topological polar surface area (TPSA) is 100 Å². The molecule has 3 heterocycles. The minimum absolute atomic E-state index is 0.164. The molecule has 0 radical (unpaired) electrons. The maximum Gasteiger partial charge on any atom is 0.308 e. The van der Waals surface area contributed by atoms with Crippen molar-refractivity contribution >= 4 is 22.7 Å². The predicted octanol–water partition coefficient (Wildman–Crippen LogP) is 3.37. The number of halogens is 1. The number of nitrogens with one attached hydrogen (secondary N) is 2. The van der Waals surface area contributed by atoms with E-state index in [1.54, 1.807) is 25.5 Å². The molecule has 3 saturated carbocycles. The number of pyridine rings is 2. The molecule has 2 atom stereocenters. The van der Waals surface area contributed by atoms with Gasteiger partial charge in [-0.2, -0.15) is 0 Å². The summed E-state index contributed by atoms with van der Waals surface area (Å²) in [6.07, 6.45) is 8.46. The monoisotopic (exact) mass is 410 g/mol. The molecule has 0 amide bonds. The quantitative estimate of drug-likeness (QED) is 0.612. The largest absolute Gasteiger partial charge is 0.481 e. The highest BCUT2D eigenvalue weighted by molar-refractivity contribution is 5.93. The van der Waals surface area contributed by atoms with Crippen LogP contribution < -0.4 is 10.9 Å². The number of hydrogen-bond acceptors (Lipinski definition) is 4. The lowest BCUT2D eigenvalue weighted by Gasteiger charge is -2.47. The lowest BCUT2D eigenvalue weighted by molar-refractivity contribution is -0.148. The normalized spacial score (nSPS) is 25.5. The molecule has 1 unspecified atom stereocenters. The summed E-state index contributed by atoms with van der Waals surface area (Å²) < 4.78 is 15.2. The zero-order valence-corrected chi connectivity index (χ0v) is 16.6. The molecule has 30 heavy (non-hydrogen) atoms. The van der Waals surface area contributed by atoms with Crippen LogP contribution in [0.3, 0.4) is 0 Å². The number of rotatable bonds is 4. The van der Waals surface area contributed by atoms with Gasteiger partial charge in [0.25, 0.3) is 5.56 Å². The Hall–Kier alpha value is -3.16. The van der Waals surface area contributed by atoms with Gasteiger partial charge >= 0.3 is 5.97 Å². The third-order valence-corrected chi connectivity index (χ3v) is 6.81. The molecule has 3 aliphatic rings. The molecule has 8 heteroatoms. The van der Waals surface area contributed by atoms with Crippen LogP contribution in [0.15, 0.2) is 35.5 Å². The van der Waals surface area contributed by atoms with Crippen LogP contribution in [0.2, 0.25) is 0 Å². The number of carbonyl (C=O) groups is 1. The van der Waals surface area contributed by atoms with Gasteiger partial charge in [0.15, 0.2) is 0 Å². The lowest BCUT2D eigenvalue weighted by atomic mass is 9.61. The van der Waals surface area contributed by atoms with Crippen molar-refractivity contribution < 1.29 is 14.3 Å². The number of anilines is 1. The summed E-state index contributed by atoms with van der Waals surface area (Å²) in [6, 6.07) is 2.92. The van der Waals surface area contributed by atoms with Crippen LogP contribution in [0.25, 0.3) is 22.2 Å². The molecular formula is C22H23FN4O3. The van der Waals surface area contributed by atoms with E-state index in [0.717, 1.165) is 31.9 Å². The number of fused-ring (bicyclic) bond motifs is 4. The van der Waals surface area contributed by atoms with E-state index in [-0.39, 0.29) is 17.5 Å². The van der Waals surface area contributed by atoms with Gasteiger partial charge in [0.05, 0.1) is 23.4 Å². The van der Waals surface area contributed by atoms with Crippen LogP contribution in [0.4, 0.5) is 10.1 Å². The molecule has 0 saturated heterocycles. The fourth-order valence-electron chi connectivity index (χ4n) is 5.39. The van der Waals surface area contributed by atoms with Crippen molar-refractivity contribution in [3.8, 4) is 11.1 Å². The third-order valence-electron chi connectivity index (χ3n) is 6.81. The number of carboxylic acids is 1. The van der Waals surface area contributed by atoms with E-state index in [9.17, 15) is 19.1 Å². The summed E-state index contributed by atoms with van der Waals surface area (Å²) in [5, 5.41) is 13.8. The summed E-state index contributed by atoms with van der Waals surface area (Å²) >= 11 is 0. The van der Waals surface area contributed by atoms with Gasteiger partial charge in [0.2, 0.25) is 0 Å². The first-order chi connectivity index (χ1) is 14.4. The Balaban J connectivity index is 1.56. The lowest BCUT2D eigenvalue weighted by Crippen LogP contribution is -2.51. The average molecular weight is 410 g/mol. The first-order valence-electron chi connectivity index (χ1n) is 10.3. The summed E-state index contributed by atoms with van der Waals surface area (Å²) in [7, 11) is 1.66. The molecule has 156 valence electrons. The predicted molar refractivity (Wildman–Crippen MR) is 111 cm³/mol. The Bertz CT molecular complexity index is 1190. The van der Waals surface area contributed by atoms with Gasteiger partial charge in [0, 0.05) is 36.4 Å². The summed E-state index contributed by atoms with van der Waals surface area (Å²) in [5.41, 5.74) is 1.96. The number of aliphatic carboxylic acids is 1. The van der Waals surface area contributed by atoms with Crippen molar-refractivity contribution in [1.82, 2.24) is 14.5 Å². The third kappa shape index (κ3) is 2.98. The number of aryl methyl sites for hydroxylation is 1. The zero-order valence-electron chi connectivity index (χ0n) is 16.6. The number of carboxylic acid groups (broad SMARTS) is 1. The molecular weight excluding hydrogens is 387 g/mol. The molecule has 0 spiro atoms. The van der Waals surface area contributed by atoms with E-state index in [1.807, 2.05) is 0 Å². The first kappa shape index (κ1) is 18.8. The fraction of sp³-hybridized carbons (Fsp3) is 0.409. The van der Waals surface area contributed by atoms with E-state index in [1.165, 1.54) is 10.6 Å². The maximum absolute atomic E-state index is 13.8. The number of hydrogen-bond donors (Lipinski definition) is 3. The second-order valence-electron chi connectivity index (χ2n) is 8.52. The van der Waals surface area contributed by atoms with E-state index < -0.39 is 17.7 Å². The van der Waals surface area contributed by atoms with Crippen molar-refractivity contribution in [2.45, 2.75) is 31.7 Å². The molecule has 6 rings (SSSR count). The molecule has 3 aliphatic carbocycles. The van der Waals surface area contributed by atoms with Gasteiger partial charge in [-0.25, -0.2) is 9.37 Å². The second kappa shape index (κ2) is 6.97. The van der Waals surface area contributed by atoms with Crippen LogP contribution >= 0.6 is 0 Å². The average Bonchev–Trinajstić information content (AvgIpc) is 3.14. The molecule has 0 aliphatic heterocycles. The zero-order chi connectivity index (χ0) is 21.0. The van der Waals surface area contributed by atoms with Crippen molar-refractivity contribution in [3.05, 3.63) is 46.9 Å². The number of nitrogens with zero attached hydrogens (tertiary/aromatic N) is 2. The molecule has 7 nitrogen and oxygen atoms in total. The van der Waals surface area contributed by atoms with E-state index in [2.05, 4.69) is 15.3 Å². The number of aromatic nitrogens is 3. The Morgan fingerprint density at radius 1 is 1.23 bits per heavy atom.